The summed E-state index contributed by atoms with van der Waals surface area (Å²) in [5, 5.41) is 29.0. The lowest BCUT2D eigenvalue weighted by Gasteiger charge is -2.38. The molecule has 0 fully saturated rings. The van der Waals surface area contributed by atoms with E-state index in [9.17, 15) is 19.5 Å². The van der Waals surface area contributed by atoms with Gasteiger partial charge in [-0.3, -0.25) is 9.59 Å². The molecule has 0 aromatic rings. The second kappa shape index (κ2) is 17.0. The van der Waals surface area contributed by atoms with Gasteiger partial charge in [0.2, 0.25) is 0 Å². The van der Waals surface area contributed by atoms with Gasteiger partial charge in [-0.1, -0.05) is 51.2 Å². The van der Waals surface area contributed by atoms with Gasteiger partial charge in [-0.15, -0.1) is 0 Å². The fourth-order valence-corrected chi connectivity index (χ4v) is 3.49. The van der Waals surface area contributed by atoms with Crippen molar-refractivity contribution in [2.75, 3.05) is 26.2 Å². The first-order chi connectivity index (χ1) is 13.8. The highest BCUT2D eigenvalue weighted by atomic mass is 16.4. The topological polar surface area (TPSA) is 115 Å². The van der Waals surface area contributed by atoms with E-state index in [0.29, 0.717) is 6.54 Å². The van der Waals surface area contributed by atoms with Crippen LogP contribution in [0.4, 0.5) is 0 Å². The van der Waals surface area contributed by atoms with E-state index in [4.69, 9.17) is 10.2 Å². The fraction of sp³-hybridized carbons (Fsp3) is 0.773. The highest BCUT2D eigenvalue weighted by Crippen LogP contribution is 2.15. The third-order valence-electron chi connectivity index (χ3n) is 5.28. The van der Waals surface area contributed by atoms with Gasteiger partial charge in [0.15, 0.2) is 0 Å². The van der Waals surface area contributed by atoms with E-state index in [0.717, 1.165) is 19.3 Å². The maximum atomic E-state index is 11.0. The zero-order valence-electron chi connectivity index (χ0n) is 17.9. The SMILES string of the molecule is CCCCCCCC/C=C/CCC[N+](CCC(=O)[O-])(CCC(=O)O)CCC(=O)O. The molecule has 0 aliphatic carbocycles. The molecule has 0 bridgehead atoms. The van der Waals surface area contributed by atoms with Gasteiger partial charge in [-0.25, -0.2) is 0 Å². The van der Waals surface area contributed by atoms with Gasteiger partial charge < -0.3 is 24.6 Å². The van der Waals surface area contributed by atoms with Crippen LogP contribution in [0.5, 0.6) is 0 Å². The number of carbonyl (C=O) groups is 3. The molecule has 7 heteroatoms. The maximum absolute atomic E-state index is 11.0. The maximum Gasteiger partial charge on any atom is 0.309 e. The van der Waals surface area contributed by atoms with E-state index < -0.39 is 17.9 Å². The minimum absolute atomic E-state index is 0.111. The monoisotopic (exact) mass is 413 g/mol. The Bertz CT molecular complexity index is 458. The lowest BCUT2D eigenvalue weighted by atomic mass is 10.1. The van der Waals surface area contributed by atoms with Crippen LogP contribution in [0.25, 0.3) is 0 Å². The molecular formula is C22H39NO6. The lowest BCUT2D eigenvalue weighted by Crippen LogP contribution is -2.52. The average molecular weight is 414 g/mol. The zero-order valence-corrected chi connectivity index (χ0v) is 17.9. The van der Waals surface area contributed by atoms with Crippen molar-refractivity contribution in [3.8, 4) is 0 Å². The first kappa shape index (κ1) is 27.1. The van der Waals surface area contributed by atoms with Crippen LogP contribution in [0.15, 0.2) is 12.2 Å². The number of carboxylic acid groups (broad SMARTS) is 3. The van der Waals surface area contributed by atoms with Crippen LogP contribution in [-0.4, -0.2) is 58.8 Å². The molecule has 168 valence electrons. The van der Waals surface area contributed by atoms with Crippen LogP contribution in [0.3, 0.4) is 0 Å². The lowest BCUT2D eigenvalue weighted by molar-refractivity contribution is -0.927. The minimum atomic E-state index is -1.20. The third kappa shape index (κ3) is 16.7. The summed E-state index contributed by atoms with van der Waals surface area (Å²) in [5.74, 6) is -3.12. The van der Waals surface area contributed by atoms with Crippen molar-refractivity contribution in [3.63, 3.8) is 0 Å². The summed E-state index contributed by atoms with van der Waals surface area (Å²) in [7, 11) is 0. The molecule has 0 heterocycles. The predicted octanol–water partition coefficient (Wildman–Crippen LogP) is 2.98. The van der Waals surface area contributed by atoms with Gasteiger partial charge in [-0.05, 0) is 19.3 Å². The van der Waals surface area contributed by atoms with E-state index in [1.165, 1.54) is 38.5 Å². The summed E-state index contributed by atoms with van der Waals surface area (Å²) in [5.41, 5.74) is 0. The van der Waals surface area contributed by atoms with Crippen molar-refractivity contribution in [3.05, 3.63) is 12.2 Å². The van der Waals surface area contributed by atoms with Gasteiger partial charge in [0.05, 0.1) is 39.0 Å². The number of rotatable bonds is 20. The van der Waals surface area contributed by atoms with Crippen molar-refractivity contribution in [2.24, 2.45) is 0 Å². The molecule has 0 aromatic carbocycles. The number of hydrogen-bond donors (Lipinski definition) is 2. The summed E-state index contributed by atoms with van der Waals surface area (Å²) in [4.78, 5) is 32.9. The molecule has 0 saturated heterocycles. The van der Waals surface area contributed by atoms with Gasteiger partial charge in [0.25, 0.3) is 0 Å². The molecule has 0 atom stereocenters. The molecule has 0 amide bonds. The first-order valence-corrected chi connectivity index (χ1v) is 10.9. The molecule has 0 aliphatic rings. The quantitative estimate of drug-likeness (QED) is 0.180. The molecule has 0 saturated carbocycles. The summed E-state index contributed by atoms with van der Waals surface area (Å²) in [6, 6.07) is 0. The van der Waals surface area contributed by atoms with Crippen LogP contribution >= 0.6 is 0 Å². The van der Waals surface area contributed by atoms with Gasteiger partial charge in [0.1, 0.15) is 0 Å². The average Bonchev–Trinajstić information content (AvgIpc) is 2.66. The van der Waals surface area contributed by atoms with Crippen LogP contribution in [0, 0.1) is 0 Å². The summed E-state index contributed by atoms with van der Waals surface area (Å²) < 4.78 is 0.192. The van der Waals surface area contributed by atoms with Crippen molar-refractivity contribution in [1.29, 1.82) is 0 Å². The molecule has 0 aliphatic heterocycles. The summed E-state index contributed by atoms with van der Waals surface area (Å²) >= 11 is 0. The Kier molecular flexibility index (Phi) is 15.9. The number of hydrogen-bond acceptors (Lipinski definition) is 4. The smallest absolute Gasteiger partial charge is 0.309 e. The van der Waals surface area contributed by atoms with Crippen LogP contribution < -0.4 is 5.11 Å². The highest BCUT2D eigenvalue weighted by Gasteiger charge is 2.28. The van der Waals surface area contributed by atoms with Gasteiger partial charge in [-0.2, -0.15) is 0 Å². The van der Waals surface area contributed by atoms with Gasteiger partial charge >= 0.3 is 11.9 Å². The van der Waals surface area contributed by atoms with Crippen LogP contribution in [-0.2, 0) is 14.4 Å². The Balaban J connectivity index is 4.51. The van der Waals surface area contributed by atoms with E-state index in [1.807, 2.05) is 0 Å². The second-order valence-electron chi connectivity index (χ2n) is 7.82. The van der Waals surface area contributed by atoms with Crippen molar-refractivity contribution in [1.82, 2.24) is 0 Å². The highest BCUT2D eigenvalue weighted by molar-refractivity contribution is 5.67. The number of unbranched alkanes of at least 4 members (excludes halogenated alkanes) is 7. The van der Waals surface area contributed by atoms with Crippen molar-refractivity contribution < 1.29 is 34.2 Å². The number of aliphatic carboxylic acids is 3. The molecular weight excluding hydrogens is 374 g/mol. The molecule has 0 radical (unpaired) electrons. The molecule has 29 heavy (non-hydrogen) atoms. The molecule has 2 N–H and O–H groups in total. The Morgan fingerprint density at radius 2 is 1.21 bits per heavy atom. The molecule has 0 aromatic heterocycles. The van der Waals surface area contributed by atoms with Gasteiger partial charge in [0, 0.05) is 18.8 Å². The summed E-state index contributed by atoms with van der Waals surface area (Å²) in [6.45, 7) is 3.44. The number of quaternary nitrogens is 1. The largest absolute Gasteiger partial charge is 0.550 e. The van der Waals surface area contributed by atoms with Crippen molar-refractivity contribution in [2.45, 2.75) is 84.0 Å². The number of carboxylic acids is 3. The number of allylic oxidation sites excluding steroid dienone is 2. The van der Waals surface area contributed by atoms with Crippen LogP contribution in [0.2, 0.25) is 0 Å². The Hall–Kier alpha value is -1.89. The van der Waals surface area contributed by atoms with Crippen molar-refractivity contribution >= 4 is 17.9 Å². The van der Waals surface area contributed by atoms with E-state index >= 15 is 0 Å². The van der Waals surface area contributed by atoms with E-state index in [-0.39, 0.29) is 43.4 Å². The van der Waals surface area contributed by atoms with E-state index in [2.05, 4.69) is 19.1 Å². The predicted molar refractivity (Wildman–Crippen MR) is 110 cm³/mol. The standard InChI is InChI=1S/C22H39NO6/c1-2-3-4-5-6-7-8-9-10-11-12-16-23(17-13-20(24)25,18-14-21(26)27)19-15-22(28)29/h9-10H,2-8,11-19H2,1H3,(H2-,24,25,26,27,28,29)/b10-9+. The zero-order chi connectivity index (χ0) is 22.0. The molecule has 0 rings (SSSR count). The molecule has 0 unspecified atom stereocenters. The second-order valence-corrected chi connectivity index (χ2v) is 7.82. The fourth-order valence-electron chi connectivity index (χ4n) is 3.49. The van der Waals surface area contributed by atoms with E-state index in [1.54, 1.807) is 0 Å². The Morgan fingerprint density at radius 1 is 0.724 bits per heavy atom. The third-order valence-corrected chi connectivity index (χ3v) is 5.28. The summed E-state index contributed by atoms with van der Waals surface area (Å²) in [6.07, 6.45) is 14.1. The van der Waals surface area contributed by atoms with Crippen LogP contribution in [0.1, 0.15) is 84.0 Å². The normalized spacial score (nSPS) is 11.8. The molecule has 0 spiro atoms. The first-order valence-electron chi connectivity index (χ1n) is 10.9. The minimum Gasteiger partial charge on any atom is -0.550 e. The Morgan fingerprint density at radius 3 is 1.72 bits per heavy atom. The molecule has 7 nitrogen and oxygen atoms in total. The number of nitrogens with zero attached hydrogens (tertiary/aromatic N) is 1. The number of carbonyl (C=O) groups excluding carboxylic acids is 1. The Labute approximate surface area is 175 Å².